The molecule has 0 saturated heterocycles. The van der Waals surface area contributed by atoms with E-state index in [-0.39, 0.29) is 0 Å². The quantitative estimate of drug-likeness (QED) is 0.465. The first-order valence-electron chi connectivity index (χ1n) is 7.80. The third kappa shape index (κ3) is 2.86. The molecule has 0 atom stereocenters. The van der Waals surface area contributed by atoms with Gasteiger partial charge in [-0.2, -0.15) is 0 Å². The molecule has 4 rings (SSSR count). The number of nitrogens with zero attached hydrogens (tertiary/aromatic N) is 2. The Morgan fingerprint density at radius 2 is 1.33 bits per heavy atom. The van der Waals surface area contributed by atoms with Crippen LogP contribution >= 0.6 is 12.6 Å². The number of hydrogen-bond acceptors (Lipinski definition) is 3. The van der Waals surface area contributed by atoms with Gasteiger partial charge in [-0.05, 0) is 48.5 Å². The Kier molecular flexibility index (Phi) is 3.93. The molecule has 0 aliphatic carbocycles. The zero-order chi connectivity index (χ0) is 16.4. The van der Waals surface area contributed by atoms with E-state index in [1.807, 2.05) is 54.7 Å². The summed E-state index contributed by atoms with van der Waals surface area (Å²) in [5.74, 6) is 0. The van der Waals surface area contributed by atoms with Crippen LogP contribution < -0.4 is 4.90 Å². The van der Waals surface area contributed by atoms with E-state index in [0.29, 0.717) is 0 Å². The van der Waals surface area contributed by atoms with Gasteiger partial charge in [-0.3, -0.25) is 4.98 Å². The van der Waals surface area contributed by atoms with Crippen molar-refractivity contribution in [3.05, 3.63) is 91.1 Å². The Labute approximate surface area is 146 Å². The molecule has 3 aromatic carbocycles. The minimum Gasteiger partial charge on any atom is -0.309 e. The molecule has 0 aliphatic heterocycles. The van der Waals surface area contributed by atoms with Crippen molar-refractivity contribution in [3.63, 3.8) is 0 Å². The first-order valence-corrected chi connectivity index (χ1v) is 8.25. The summed E-state index contributed by atoms with van der Waals surface area (Å²) in [6, 6.07) is 28.8. The molecule has 116 valence electrons. The molecule has 1 aromatic heterocycles. The number of pyridine rings is 1. The van der Waals surface area contributed by atoms with Gasteiger partial charge < -0.3 is 4.90 Å². The fourth-order valence-electron chi connectivity index (χ4n) is 2.81. The maximum absolute atomic E-state index is 4.61. The Morgan fingerprint density at radius 1 is 0.667 bits per heavy atom. The van der Waals surface area contributed by atoms with E-state index in [1.54, 1.807) is 0 Å². The lowest BCUT2D eigenvalue weighted by molar-refractivity contribution is 1.25. The van der Waals surface area contributed by atoms with Crippen LogP contribution in [0.25, 0.3) is 10.9 Å². The van der Waals surface area contributed by atoms with Crippen LogP contribution in [-0.2, 0) is 0 Å². The predicted molar refractivity (Wildman–Crippen MR) is 104 cm³/mol. The normalized spacial score (nSPS) is 10.7. The summed E-state index contributed by atoms with van der Waals surface area (Å²) in [7, 11) is 0. The molecule has 4 aromatic rings. The topological polar surface area (TPSA) is 16.1 Å². The van der Waals surface area contributed by atoms with Crippen LogP contribution in [0.4, 0.5) is 17.1 Å². The number of aromatic nitrogens is 1. The number of rotatable bonds is 3. The summed E-state index contributed by atoms with van der Waals surface area (Å²) >= 11 is 4.39. The molecular weight excluding hydrogens is 312 g/mol. The van der Waals surface area contributed by atoms with Crippen LogP contribution in [0.2, 0.25) is 0 Å². The lowest BCUT2D eigenvalue weighted by Gasteiger charge is -2.25. The molecule has 2 nitrogen and oxygen atoms in total. The van der Waals surface area contributed by atoms with E-state index in [2.05, 4.69) is 58.9 Å². The fraction of sp³-hybridized carbons (Fsp3) is 0. The van der Waals surface area contributed by atoms with Crippen molar-refractivity contribution in [2.75, 3.05) is 4.90 Å². The molecule has 0 aliphatic rings. The van der Waals surface area contributed by atoms with Gasteiger partial charge in [-0.15, -0.1) is 12.6 Å². The summed E-state index contributed by atoms with van der Waals surface area (Å²) in [6.07, 6.45) is 1.92. The first-order chi connectivity index (χ1) is 11.8. The molecule has 0 bridgehead atoms. The first kappa shape index (κ1) is 14.8. The average Bonchev–Trinajstić information content (AvgIpc) is 2.64. The van der Waals surface area contributed by atoms with E-state index >= 15 is 0 Å². The van der Waals surface area contributed by atoms with Crippen LogP contribution in [0.3, 0.4) is 0 Å². The zero-order valence-electron chi connectivity index (χ0n) is 13.0. The van der Waals surface area contributed by atoms with E-state index in [1.165, 1.54) is 0 Å². The van der Waals surface area contributed by atoms with Crippen LogP contribution in [-0.4, -0.2) is 4.98 Å². The highest BCUT2D eigenvalue weighted by molar-refractivity contribution is 7.80. The van der Waals surface area contributed by atoms with Gasteiger partial charge in [0.25, 0.3) is 0 Å². The molecule has 0 amide bonds. The highest BCUT2D eigenvalue weighted by Gasteiger charge is 2.12. The van der Waals surface area contributed by atoms with Crippen molar-refractivity contribution in [2.45, 2.75) is 4.90 Å². The van der Waals surface area contributed by atoms with Crippen molar-refractivity contribution < 1.29 is 0 Å². The molecular formula is C21H16N2S. The van der Waals surface area contributed by atoms with Crippen molar-refractivity contribution in [2.24, 2.45) is 0 Å². The number of benzene rings is 3. The third-order valence-electron chi connectivity index (χ3n) is 3.96. The second kappa shape index (κ2) is 6.38. The number of thiol groups is 1. The van der Waals surface area contributed by atoms with Gasteiger partial charge in [0.1, 0.15) is 0 Å². The maximum Gasteiger partial charge on any atom is 0.0703 e. The number of para-hydroxylation sites is 2. The SMILES string of the molecule is Sc1ccc(N(c2ccccc2)c2cnc3ccccc3c2)cc1. The largest absolute Gasteiger partial charge is 0.309 e. The van der Waals surface area contributed by atoms with Crippen LogP contribution in [0.1, 0.15) is 0 Å². The van der Waals surface area contributed by atoms with E-state index in [9.17, 15) is 0 Å². The Morgan fingerprint density at radius 3 is 2.12 bits per heavy atom. The summed E-state index contributed by atoms with van der Waals surface area (Å²) in [5.41, 5.74) is 4.21. The zero-order valence-corrected chi connectivity index (χ0v) is 13.9. The molecule has 0 fully saturated rings. The molecule has 0 radical (unpaired) electrons. The minimum absolute atomic E-state index is 0.948. The van der Waals surface area contributed by atoms with E-state index in [4.69, 9.17) is 0 Å². The van der Waals surface area contributed by atoms with Crippen molar-refractivity contribution in [3.8, 4) is 0 Å². The number of fused-ring (bicyclic) bond motifs is 1. The van der Waals surface area contributed by atoms with Gasteiger partial charge in [0.2, 0.25) is 0 Å². The third-order valence-corrected chi connectivity index (χ3v) is 4.25. The fourth-order valence-corrected chi connectivity index (χ4v) is 2.96. The Hall–Kier alpha value is -2.78. The molecule has 0 unspecified atom stereocenters. The lowest BCUT2D eigenvalue weighted by Crippen LogP contribution is -2.10. The highest BCUT2D eigenvalue weighted by atomic mass is 32.1. The monoisotopic (exact) mass is 328 g/mol. The second-order valence-electron chi connectivity index (χ2n) is 5.57. The van der Waals surface area contributed by atoms with Gasteiger partial charge >= 0.3 is 0 Å². The second-order valence-corrected chi connectivity index (χ2v) is 6.09. The van der Waals surface area contributed by atoms with Crippen LogP contribution in [0, 0.1) is 0 Å². The Bertz CT molecular complexity index is 966. The van der Waals surface area contributed by atoms with Crippen LogP contribution in [0.5, 0.6) is 0 Å². The van der Waals surface area contributed by atoms with Gasteiger partial charge in [0.05, 0.1) is 17.4 Å². The summed E-state index contributed by atoms with van der Waals surface area (Å²) in [6.45, 7) is 0. The number of anilines is 3. The number of hydrogen-bond donors (Lipinski definition) is 1. The molecule has 0 saturated carbocycles. The minimum atomic E-state index is 0.948. The average molecular weight is 328 g/mol. The summed E-state index contributed by atoms with van der Waals surface area (Å²) in [4.78, 5) is 7.76. The molecule has 1 heterocycles. The lowest BCUT2D eigenvalue weighted by atomic mass is 10.1. The van der Waals surface area contributed by atoms with Gasteiger partial charge in [0.15, 0.2) is 0 Å². The van der Waals surface area contributed by atoms with Gasteiger partial charge in [0, 0.05) is 21.7 Å². The highest BCUT2D eigenvalue weighted by Crippen LogP contribution is 2.35. The van der Waals surface area contributed by atoms with E-state index < -0.39 is 0 Å². The van der Waals surface area contributed by atoms with E-state index in [0.717, 1.165) is 32.9 Å². The molecule has 0 spiro atoms. The molecule has 3 heteroatoms. The van der Waals surface area contributed by atoms with Crippen molar-refractivity contribution >= 4 is 40.6 Å². The summed E-state index contributed by atoms with van der Waals surface area (Å²) in [5, 5.41) is 1.13. The maximum atomic E-state index is 4.61. The smallest absolute Gasteiger partial charge is 0.0703 e. The predicted octanol–water partition coefficient (Wildman–Crippen LogP) is 5.99. The van der Waals surface area contributed by atoms with Crippen molar-refractivity contribution in [1.82, 2.24) is 4.98 Å². The Balaban J connectivity index is 1.89. The van der Waals surface area contributed by atoms with Crippen LogP contribution in [0.15, 0.2) is 96.0 Å². The molecule has 0 N–H and O–H groups in total. The van der Waals surface area contributed by atoms with Gasteiger partial charge in [-0.1, -0.05) is 36.4 Å². The van der Waals surface area contributed by atoms with Gasteiger partial charge in [-0.25, -0.2) is 0 Å². The molecule has 24 heavy (non-hydrogen) atoms. The van der Waals surface area contributed by atoms with Crippen molar-refractivity contribution in [1.29, 1.82) is 0 Å². The standard InChI is InChI=1S/C21H16N2S/c24-20-12-10-18(11-13-20)23(17-7-2-1-3-8-17)19-14-16-6-4-5-9-21(16)22-15-19/h1-15,24H. The summed E-state index contributed by atoms with van der Waals surface area (Å²) < 4.78 is 0.